The molecule has 0 unspecified atom stereocenters. The van der Waals surface area contributed by atoms with Crippen LogP contribution in [0.5, 0.6) is 0 Å². The van der Waals surface area contributed by atoms with Gasteiger partial charge < -0.3 is 10.4 Å². The Balaban J connectivity index is 1.64. The lowest BCUT2D eigenvalue weighted by atomic mass is 9.80. The molecule has 1 aliphatic rings. The number of carbonyl (C=O) groups excluding carboxylic acids is 1. The van der Waals surface area contributed by atoms with Crippen LogP contribution < -0.4 is 5.32 Å². The van der Waals surface area contributed by atoms with E-state index < -0.39 is 5.60 Å². The Morgan fingerprint density at radius 2 is 2.05 bits per heavy atom. The van der Waals surface area contributed by atoms with Gasteiger partial charge in [0.05, 0.1) is 14.8 Å². The minimum absolute atomic E-state index is 0.181. The van der Waals surface area contributed by atoms with Crippen molar-refractivity contribution < 1.29 is 9.90 Å². The zero-order valence-electron chi connectivity index (χ0n) is 11.4. The maximum atomic E-state index is 12.0. The summed E-state index contributed by atoms with van der Waals surface area (Å²) in [6, 6.07) is 11.5. The molecular weight excluding hydrogens is 306 g/mol. The third kappa shape index (κ3) is 3.28. The Hall–Kier alpha value is -1.36. The first-order valence-electron chi connectivity index (χ1n) is 6.88. The number of hydrogen-bond acceptors (Lipinski definition) is 3. The number of amides is 1. The fourth-order valence-corrected chi connectivity index (χ4v) is 3.66. The van der Waals surface area contributed by atoms with Crippen molar-refractivity contribution in [1.29, 1.82) is 0 Å². The van der Waals surface area contributed by atoms with Gasteiger partial charge >= 0.3 is 0 Å². The highest BCUT2D eigenvalue weighted by atomic mass is 35.5. The molecule has 0 aliphatic heterocycles. The molecule has 0 fully saturated rings. The molecular formula is C16H16ClNO2S. The molecule has 0 bridgehead atoms. The Bertz CT molecular complexity index is 670. The van der Waals surface area contributed by atoms with Gasteiger partial charge in [0, 0.05) is 13.0 Å². The first-order valence-corrected chi connectivity index (χ1v) is 8.08. The first kappa shape index (κ1) is 14.6. The molecule has 0 spiro atoms. The highest BCUT2D eigenvalue weighted by Crippen LogP contribution is 2.28. The quantitative estimate of drug-likeness (QED) is 0.913. The Kier molecular flexibility index (Phi) is 4.02. The number of aliphatic hydroxyl groups is 1. The largest absolute Gasteiger partial charge is 0.388 e. The number of thiophene rings is 1. The average Bonchev–Trinajstić information content (AvgIpc) is 2.91. The summed E-state index contributed by atoms with van der Waals surface area (Å²) in [5, 5.41) is 13.5. The molecule has 110 valence electrons. The topological polar surface area (TPSA) is 49.3 Å². The Morgan fingerprint density at radius 3 is 2.76 bits per heavy atom. The fraction of sp³-hybridized carbons (Fsp3) is 0.312. The summed E-state index contributed by atoms with van der Waals surface area (Å²) in [6.07, 6.45) is 2.08. The molecule has 1 aromatic carbocycles. The summed E-state index contributed by atoms with van der Waals surface area (Å²) in [4.78, 5) is 12.6. The molecule has 3 rings (SSSR count). The van der Waals surface area contributed by atoms with Crippen molar-refractivity contribution in [2.24, 2.45) is 0 Å². The average molecular weight is 322 g/mol. The minimum Gasteiger partial charge on any atom is -0.388 e. The Morgan fingerprint density at radius 1 is 1.29 bits per heavy atom. The molecule has 3 nitrogen and oxygen atoms in total. The summed E-state index contributed by atoms with van der Waals surface area (Å²) in [5.41, 5.74) is 1.59. The summed E-state index contributed by atoms with van der Waals surface area (Å²) < 4.78 is 0.588. The SMILES string of the molecule is O=C(NC[C@]1(O)CCc2ccccc2C1)c1ccc(Cl)s1. The number of carbonyl (C=O) groups is 1. The van der Waals surface area contributed by atoms with Gasteiger partial charge in [-0.25, -0.2) is 0 Å². The fourth-order valence-electron chi connectivity index (χ4n) is 2.70. The van der Waals surface area contributed by atoms with Crippen LogP contribution in [0.4, 0.5) is 0 Å². The van der Waals surface area contributed by atoms with Gasteiger partial charge in [0.25, 0.3) is 5.91 Å². The standard InChI is InChI=1S/C16H16ClNO2S/c17-14-6-5-13(21-14)15(19)18-10-16(20)8-7-11-3-1-2-4-12(11)9-16/h1-6,20H,7-10H2,(H,18,19)/t16-/m0/s1. The monoisotopic (exact) mass is 321 g/mol. The van der Waals surface area contributed by atoms with E-state index in [2.05, 4.69) is 11.4 Å². The highest BCUT2D eigenvalue weighted by Gasteiger charge is 2.32. The van der Waals surface area contributed by atoms with Crippen LogP contribution in [0.1, 0.15) is 27.2 Å². The molecule has 1 aromatic heterocycles. The van der Waals surface area contributed by atoms with E-state index in [9.17, 15) is 9.90 Å². The van der Waals surface area contributed by atoms with Crippen molar-refractivity contribution >= 4 is 28.8 Å². The lowest BCUT2D eigenvalue weighted by molar-refractivity contribution is 0.0260. The molecule has 0 saturated heterocycles. The Labute approximate surface area is 132 Å². The van der Waals surface area contributed by atoms with Crippen LogP contribution in [-0.2, 0) is 12.8 Å². The molecule has 2 N–H and O–H groups in total. The molecule has 2 aromatic rings. The predicted octanol–water partition coefficient (Wildman–Crippen LogP) is 3.05. The lowest BCUT2D eigenvalue weighted by Gasteiger charge is -2.33. The minimum atomic E-state index is -0.870. The summed E-state index contributed by atoms with van der Waals surface area (Å²) in [7, 11) is 0. The number of nitrogens with one attached hydrogen (secondary N) is 1. The molecule has 21 heavy (non-hydrogen) atoms. The molecule has 0 saturated carbocycles. The number of benzene rings is 1. The van der Waals surface area contributed by atoms with E-state index in [0.29, 0.717) is 22.1 Å². The van der Waals surface area contributed by atoms with E-state index in [1.807, 2.05) is 18.2 Å². The zero-order chi connectivity index (χ0) is 14.9. The molecule has 5 heteroatoms. The number of aryl methyl sites for hydroxylation is 1. The number of fused-ring (bicyclic) bond motifs is 1. The van der Waals surface area contributed by atoms with E-state index >= 15 is 0 Å². The zero-order valence-corrected chi connectivity index (χ0v) is 13.0. The second-order valence-electron chi connectivity index (χ2n) is 5.46. The van der Waals surface area contributed by atoms with Crippen molar-refractivity contribution in [1.82, 2.24) is 5.32 Å². The van der Waals surface area contributed by atoms with Crippen molar-refractivity contribution in [2.45, 2.75) is 24.9 Å². The van der Waals surface area contributed by atoms with Gasteiger partial charge in [-0.3, -0.25) is 4.79 Å². The van der Waals surface area contributed by atoms with Gasteiger partial charge in [-0.15, -0.1) is 11.3 Å². The van der Waals surface area contributed by atoms with Crippen molar-refractivity contribution in [2.75, 3.05) is 6.54 Å². The molecule has 1 amide bonds. The molecule has 1 aliphatic carbocycles. The van der Waals surface area contributed by atoms with Gasteiger partial charge in [0.2, 0.25) is 0 Å². The van der Waals surface area contributed by atoms with Gasteiger partial charge in [-0.2, -0.15) is 0 Å². The van der Waals surface area contributed by atoms with Crippen LogP contribution in [0.3, 0.4) is 0 Å². The third-order valence-electron chi connectivity index (χ3n) is 3.87. The number of rotatable bonds is 3. The summed E-state index contributed by atoms with van der Waals surface area (Å²) in [6.45, 7) is 0.260. The van der Waals surface area contributed by atoms with E-state index in [-0.39, 0.29) is 12.5 Å². The normalized spacial score (nSPS) is 20.9. The van der Waals surface area contributed by atoms with Crippen LogP contribution in [0.15, 0.2) is 36.4 Å². The van der Waals surface area contributed by atoms with E-state index in [1.165, 1.54) is 22.5 Å². The van der Waals surface area contributed by atoms with Gasteiger partial charge in [0.15, 0.2) is 0 Å². The second kappa shape index (κ2) is 5.79. The second-order valence-corrected chi connectivity index (χ2v) is 7.17. The van der Waals surface area contributed by atoms with Crippen LogP contribution in [0, 0.1) is 0 Å². The van der Waals surface area contributed by atoms with Gasteiger partial charge in [-0.05, 0) is 36.1 Å². The van der Waals surface area contributed by atoms with Crippen molar-refractivity contribution in [3.63, 3.8) is 0 Å². The number of hydrogen-bond donors (Lipinski definition) is 2. The third-order valence-corrected chi connectivity index (χ3v) is 5.10. The maximum absolute atomic E-state index is 12.0. The van der Waals surface area contributed by atoms with E-state index in [1.54, 1.807) is 12.1 Å². The molecule has 1 atom stereocenters. The first-order chi connectivity index (χ1) is 10.1. The van der Waals surface area contributed by atoms with Crippen LogP contribution in [0.25, 0.3) is 0 Å². The van der Waals surface area contributed by atoms with Crippen molar-refractivity contribution in [3.8, 4) is 0 Å². The van der Waals surface area contributed by atoms with E-state index in [0.717, 1.165) is 6.42 Å². The van der Waals surface area contributed by atoms with Crippen molar-refractivity contribution in [3.05, 3.63) is 56.7 Å². The van der Waals surface area contributed by atoms with Crippen LogP contribution in [-0.4, -0.2) is 23.2 Å². The van der Waals surface area contributed by atoms with Gasteiger partial charge in [0.1, 0.15) is 0 Å². The molecule has 1 heterocycles. The smallest absolute Gasteiger partial charge is 0.261 e. The lowest BCUT2D eigenvalue weighted by Crippen LogP contribution is -2.46. The van der Waals surface area contributed by atoms with Crippen LogP contribution in [0.2, 0.25) is 4.34 Å². The number of halogens is 1. The van der Waals surface area contributed by atoms with E-state index in [4.69, 9.17) is 11.6 Å². The highest BCUT2D eigenvalue weighted by molar-refractivity contribution is 7.17. The molecule has 0 radical (unpaired) electrons. The predicted molar refractivity (Wildman–Crippen MR) is 85.1 cm³/mol. The van der Waals surface area contributed by atoms with Crippen LogP contribution >= 0.6 is 22.9 Å². The summed E-state index contributed by atoms with van der Waals surface area (Å²) in [5.74, 6) is -0.181. The maximum Gasteiger partial charge on any atom is 0.261 e. The van der Waals surface area contributed by atoms with Gasteiger partial charge in [-0.1, -0.05) is 35.9 Å². The summed E-state index contributed by atoms with van der Waals surface area (Å²) >= 11 is 7.07.